The molecule has 2 heterocycles. The number of hydrogen-bond acceptors (Lipinski definition) is 4. The van der Waals surface area contributed by atoms with E-state index in [9.17, 15) is 9.59 Å². The van der Waals surface area contributed by atoms with Gasteiger partial charge in [-0.25, -0.2) is 0 Å². The maximum absolute atomic E-state index is 13.5. The van der Waals surface area contributed by atoms with Crippen LogP contribution in [-0.4, -0.2) is 41.0 Å². The summed E-state index contributed by atoms with van der Waals surface area (Å²) in [5.41, 5.74) is 0.818. The third kappa shape index (κ3) is 2.91. The van der Waals surface area contributed by atoms with Crippen molar-refractivity contribution in [3.05, 3.63) is 54.2 Å². The number of hydrogen-bond donors (Lipinski definition) is 0. The monoisotopic (exact) mass is 364 g/mol. The third-order valence-corrected chi connectivity index (χ3v) is 5.88. The van der Waals surface area contributed by atoms with Gasteiger partial charge in [-0.2, -0.15) is 0 Å². The van der Waals surface area contributed by atoms with Gasteiger partial charge in [0, 0.05) is 29.7 Å². The Bertz CT molecular complexity index is 902. The fourth-order valence-corrected chi connectivity index (χ4v) is 4.62. The van der Waals surface area contributed by atoms with Crippen LogP contribution in [0.2, 0.25) is 0 Å². The molecule has 1 fully saturated rings. The number of nitrogens with zero attached hydrogens (tertiary/aromatic N) is 2. The molecular formula is C22H24N2O3. The number of ether oxygens (including phenoxy) is 1. The Labute approximate surface area is 159 Å². The van der Waals surface area contributed by atoms with Crippen LogP contribution in [0.25, 0.3) is 10.9 Å². The fourth-order valence-electron chi connectivity index (χ4n) is 4.62. The highest BCUT2D eigenvalue weighted by Gasteiger charge is 2.53. The molecule has 140 valence electrons. The van der Waals surface area contributed by atoms with Crippen LogP contribution in [0.3, 0.4) is 0 Å². The highest BCUT2D eigenvalue weighted by atomic mass is 16.5. The van der Waals surface area contributed by atoms with E-state index in [0.29, 0.717) is 25.1 Å². The lowest BCUT2D eigenvalue weighted by Gasteiger charge is -2.38. The van der Waals surface area contributed by atoms with Crippen LogP contribution >= 0.6 is 0 Å². The van der Waals surface area contributed by atoms with E-state index >= 15 is 0 Å². The first-order chi connectivity index (χ1) is 13.2. The second kappa shape index (κ2) is 7.14. The molecule has 2 aliphatic rings. The van der Waals surface area contributed by atoms with Gasteiger partial charge in [-0.1, -0.05) is 30.7 Å². The largest absolute Gasteiger partial charge is 0.465 e. The van der Waals surface area contributed by atoms with Crippen molar-refractivity contribution >= 4 is 22.8 Å². The summed E-state index contributed by atoms with van der Waals surface area (Å²) in [5.74, 6) is -0.211. The molecule has 27 heavy (non-hydrogen) atoms. The minimum Gasteiger partial charge on any atom is -0.465 e. The van der Waals surface area contributed by atoms with Gasteiger partial charge in [0.1, 0.15) is 0 Å². The molecule has 1 aliphatic heterocycles. The van der Waals surface area contributed by atoms with Crippen LogP contribution in [0.15, 0.2) is 48.7 Å². The number of rotatable bonds is 3. The number of carbonyl (C=O) groups is 2. The van der Waals surface area contributed by atoms with E-state index in [-0.39, 0.29) is 17.9 Å². The van der Waals surface area contributed by atoms with E-state index in [1.807, 2.05) is 54.3 Å². The molecule has 2 aromatic rings. The van der Waals surface area contributed by atoms with Gasteiger partial charge in [0.2, 0.25) is 0 Å². The summed E-state index contributed by atoms with van der Waals surface area (Å²) in [4.78, 5) is 32.6. The van der Waals surface area contributed by atoms with E-state index in [0.717, 1.165) is 30.2 Å². The lowest BCUT2D eigenvalue weighted by molar-refractivity contribution is -0.157. The van der Waals surface area contributed by atoms with E-state index < -0.39 is 5.41 Å². The molecule has 5 nitrogen and oxygen atoms in total. The Kier molecular flexibility index (Phi) is 4.68. The van der Waals surface area contributed by atoms with Crippen LogP contribution in [-0.2, 0) is 9.53 Å². The smallest absolute Gasteiger partial charge is 0.314 e. The van der Waals surface area contributed by atoms with Gasteiger partial charge in [-0.05, 0) is 44.4 Å². The summed E-state index contributed by atoms with van der Waals surface area (Å²) in [7, 11) is 0. The van der Waals surface area contributed by atoms with Crippen molar-refractivity contribution in [1.29, 1.82) is 0 Å². The minimum absolute atomic E-state index is 0.0410. The van der Waals surface area contributed by atoms with Gasteiger partial charge in [-0.3, -0.25) is 14.6 Å². The first-order valence-electron chi connectivity index (χ1n) is 9.64. The normalized spacial score (nSPS) is 24.5. The number of amides is 1. The van der Waals surface area contributed by atoms with Crippen LogP contribution < -0.4 is 0 Å². The number of esters is 1. The van der Waals surface area contributed by atoms with Gasteiger partial charge >= 0.3 is 5.97 Å². The summed E-state index contributed by atoms with van der Waals surface area (Å²) < 4.78 is 5.42. The Morgan fingerprint density at radius 3 is 3.00 bits per heavy atom. The molecule has 1 aromatic heterocycles. The fraction of sp³-hybridized carbons (Fsp3) is 0.409. The minimum atomic E-state index is -0.624. The number of allylic oxidation sites excluding steroid dienone is 1. The molecule has 5 heteroatoms. The first kappa shape index (κ1) is 17.7. The molecule has 0 unspecified atom stereocenters. The average molecular weight is 364 g/mol. The summed E-state index contributed by atoms with van der Waals surface area (Å²) in [6.07, 6.45) is 8.92. The standard InChI is InChI=1S/C22H24N2O3/c1-2-27-21(26)22-12-3-4-15-24(19(22)11-6-13-22)20(25)17-8-5-10-18-16(17)9-7-14-23-18/h3-5,7-10,14,19H,2,6,11-13,15H2,1H3/t19-,22-/m1/s1. The Hall–Kier alpha value is -2.69. The Balaban J connectivity index is 1.75. The molecule has 0 radical (unpaired) electrons. The van der Waals surface area contributed by atoms with Gasteiger partial charge in [0.15, 0.2) is 0 Å². The lowest BCUT2D eigenvalue weighted by atomic mass is 9.78. The van der Waals surface area contributed by atoms with Gasteiger partial charge in [0.05, 0.1) is 17.5 Å². The second-order valence-corrected chi connectivity index (χ2v) is 7.29. The van der Waals surface area contributed by atoms with Gasteiger partial charge in [0.25, 0.3) is 5.91 Å². The SMILES string of the molecule is CCOC(=O)[C@@]12CC=CCN(C(=O)c3cccc4ncccc34)[C@@H]1CCC2. The molecular weight excluding hydrogens is 340 g/mol. The van der Waals surface area contributed by atoms with E-state index in [1.165, 1.54) is 0 Å². The molecule has 0 spiro atoms. The molecule has 1 amide bonds. The molecule has 4 rings (SSSR count). The third-order valence-electron chi connectivity index (χ3n) is 5.88. The average Bonchev–Trinajstić information content (AvgIpc) is 3.03. The molecule has 0 N–H and O–H groups in total. The molecule has 1 aliphatic carbocycles. The molecule has 2 atom stereocenters. The van der Waals surface area contributed by atoms with Crippen LogP contribution in [0.4, 0.5) is 0 Å². The van der Waals surface area contributed by atoms with Crippen molar-refractivity contribution in [3.8, 4) is 0 Å². The zero-order valence-corrected chi connectivity index (χ0v) is 15.6. The first-order valence-corrected chi connectivity index (χ1v) is 9.64. The van der Waals surface area contributed by atoms with Gasteiger partial charge in [-0.15, -0.1) is 0 Å². The highest BCUT2D eigenvalue weighted by Crippen LogP contribution is 2.47. The van der Waals surface area contributed by atoms with Crippen LogP contribution in [0, 0.1) is 5.41 Å². The number of benzene rings is 1. The van der Waals surface area contributed by atoms with E-state index in [4.69, 9.17) is 4.74 Å². The highest BCUT2D eigenvalue weighted by molar-refractivity contribution is 6.06. The zero-order valence-electron chi connectivity index (χ0n) is 15.6. The van der Waals surface area contributed by atoms with Crippen molar-refractivity contribution in [1.82, 2.24) is 9.88 Å². The van der Waals surface area contributed by atoms with Crippen molar-refractivity contribution < 1.29 is 14.3 Å². The maximum atomic E-state index is 13.5. The number of carbonyl (C=O) groups excluding carboxylic acids is 2. The predicted octanol–water partition coefficient (Wildman–Crippen LogP) is 3.74. The number of aromatic nitrogens is 1. The summed E-state index contributed by atoms with van der Waals surface area (Å²) in [5, 5.41) is 0.845. The topological polar surface area (TPSA) is 59.5 Å². The van der Waals surface area contributed by atoms with E-state index in [1.54, 1.807) is 6.20 Å². The molecule has 1 aromatic carbocycles. The molecule has 0 saturated heterocycles. The predicted molar refractivity (Wildman–Crippen MR) is 103 cm³/mol. The number of pyridine rings is 1. The molecule has 1 saturated carbocycles. The zero-order chi connectivity index (χ0) is 18.9. The van der Waals surface area contributed by atoms with Crippen LogP contribution in [0.5, 0.6) is 0 Å². The summed E-state index contributed by atoms with van der Waals surface area (Å²) in [6.45, 7) is 2.71. The van der Waals surface area contributed by atoms with E-state index in [2.05, 4.69) is 4.98 Å². The Morgan fingerprint density at radius 1 is 1.26 bits per heavy atom. The second-order valence-electron chi connectivity index (χ2n) is 7.29. The van der Waals surface area contributed by atoms with Gasteiger partial charge < -0.3 is 9.64 Å². The molecule has 0 bridgehead atoms. The van der Waals surface area contributed by atoms with Crippen molar-refractivity contribution in [2.75, 3.05) is 13.2 Å². The van der Waals surface area contributed by atoms with Crippen molar-refractivity contribution in [2.24, 2.45) is 5.41 Å². The van der Waals surface area contributed by atoms with Crippen molar-refractivity contribution in [3.63, 3.8) is 0 Å². The quantitative estimate of drug-likeness (QED) is 0.615. The number of fused-ring (bicyclic) bond motifs is 2. The van der Waals surface area contributed by atoms with Crippen molar-refractivity contribution in [2.45, 2.75) is 38.6 Å². The van der Waals surface area contributed by atoms with Crippen LogP contribution in [0.1, 0.15) is 43.0 Å². The summed E-state index contributed by atoms with van der Waals surface area (Å²) in [6, 6.07) is 9.26. The summed E-state index contributed by atoms with van der Waals surface area (Å²) >= 11 is 0. The lowest BCUT2D eigenvalue weighted by Crippen LogP contribution is -2.51. The maximum Gasteiger partial charge on any atom is 0.314 e. The Morgan fingerprint density at radius 2 is 2.15 bits per heavy atom.